The molecular formula is C21H24F7N3O5. The summed E-state index contributed by atoms with van der Waals surface area (Å²) in [5, 5.41) is 18.7. The van der Waals surface area contributed by atoms with E-state index in [0.717, 1.165) is 31.7 Å². The molecule has 0 aliphatic carbocycles. The normalized spacial score (nSPS) is 15.6. The monoisotopic (exact) mass is 531 g/mol. The molecule has 8 nitrogen and oxygen atoms in total. The van der Waals surface area contributed by atoms with Gasteiger partial charge in [0.15, 0.2) is 0 Å². The van der Waals surface area contributed by atoms with Crippen LogP contribution in [-0.4, -0.2) is 69.4 Å². The van der Waals surface area contributed by atoms with Crippen molar-refractivity contribution < 1.29 is 55.3 Å². The first kappa shape index (κ1) is 30.8. The molecule has 0 bridgehead atoms. The number of aliphatic carboxylic acids is 2. The zero-order valence-electron chi connectivity index (χ0n) is 19.1. The second kappa shape index (κ2) is 13.2. The summed E-state index contributed by atoms with van der Waals surface area (Å²) >= 11 is 0. The third-order valence-electron chi connectivity index (χ3n) is 4.69. The predicted molar refractivity (Wildman–Crippen MR) is 110 cm³/mol. The van der Waals surface area contributed by atoms with E-state index in [1.54, 1.807) is 7.11 Å². The summed E-state index contributed by atoms with van der Waals surface area (Å²) in [7, 11) is 1.74. The van der Waals surface area contributed by atoms with Gasteiger partial charge < -0.3 is 14.9 Å². The number of aryl methyl sites for hydroxylation is 1. The number of ether oxygens (including phenoxy) is 1. The van der Waals surface area contributed by atoms with Crippen LogP contribution in [0, 0.1) is 5.82 Å². The first-order valence-corrected chi connectivity index (χ1v) is 10.2. The second-order valence-corrected chi connectivity index (χ2v) is 7.42. The van der Waals surface area contributed by atoms with Crippen LogP contribution in [0.5, 0.6) is 0 Å². The SMILES string of the molecule is CCn1ncc2c1C(COC)CN(Cc1ccc(F)cc1)C2.O=C(O)C(F)(F)F.O=C(O)C(F)(F)F. The Morgan fingerprint density at radius 2 is 1.56 bits per heavy atom. The van der Waals surface area contributed by atoms with Gasteiger partial charge in [-0.2, -0.15) is 31.4 Å². The Bertz CT molecular complexity index is 967. The first-order valence-electron chi connectivity index (χ1n) is 10.2. The fourth-order valence-electron chi connectivity index (χ4n) is 3.29. The number of methoxy groups -OCH3 is 1. The van der Waals surface area contributed by atoms with E-state index in [4.69, 9.17) is 24.5 Å². The number of hydrogen-bond acceptors (Lipinski definition) is 5. The largest absolute Gasteiger partial charge is 0.490 e. The van der Waals surface area contributed by atoms with Crippen molar-refractivity contribution in [3.05, 3.63) is 53.1 Å². The van der Waals surface area contributed by atoms with E-state index in [9.17, 15) is 30.7 Å². The van der Waals surface area contributed by atoms with Crippen LogP contribution in [0.4, 0.5) is 30.7 Å². The fourth-order valence-corrected chi connectivity index (χ4v) is 3.29. The molecule has 1 atom stereocenters. The zero-order valence-corrected chi connectivity index (χ0v) is 19.1. The van der Waals surface area contributed by atoms with E-state index in [2.05, 4.69) is 21.6 Å². The van der Waals surface area contributed by atoms with Crippen molar-refractivity contribution in [2.45, 2.75) is 44.8 Å². The second-order valence-electron chi connectivity index (χ2n) is 7.42. The van der Waals surface area contributed by atoms with Crippen molar-refractivity contribution in [2.24, 2.45) is 0 Å². The number of aromatic nitrogens is 2. The maximum absolute atomic E-state index is 13.0. The first-order chi connectivity index (χ1) is 16.6. The van der Waals surface area contributed by atoms with Gasteiger partial charge in [0.1, 0.15) is 5.82 Å². The van der Waals surface area contributed by atoms with Crippen LogP contribution in [0.3, 0.4) is 0 Å². The summed E-state index contributed by atoms with van der Waals surface area (Å²) in [4.78, 5) is 20.2. The number of carboxylic acids is 2. The molecule has 36 heavy (non-hydrogen) atoms. The Labute approximate surface area is 200 Å². The van der Waals surface area contributed by atoms with Gasteiger partial charge in [-0.05, 0) is 24.6 Å². The fraction of sp³-hybridized carbons (Fsp3) is 0.476. The predicted octanol–water partition coefficient (Wildman–Crippen LogP) is 4.05. The van der Waals surface area contributed by atoms with E-state index < -0.39 is 24.3 Å². The molecule has 0 saturated carbocycles. The summed E-state index contributed by atoms with van der Waals surface area (Å²) in [5.74, 6) is -5.37. The molecule has 2 aromatic rings. The highest BCUT2D eigenvalue weighted by Gasteiger charge is 2.38. The molecule has 0 saturated heterocycles. The van der Waals surface area contributed by atoms with E-state index in [-0.39, 0.29) is 5.82 Å². The molecule has 1 aromatic heterocycles. The third-order valence-corrected chi connectivity index (χ3v) is 4.69. The average Bonchev–Trinajstić information content (AvgIpc) is 3.18. The van der Waals surface area contributed by atoms with Crippen molar-refractivity contribution in [3.8, 4) is 0 Å². The maximum atomic E-state index is 13.0. The van der Waals surface area contributed by atoms with Gasteiger partial charge in [0.05, 0.1) is 12.8 Å². The van der Waals surface area contributed by atoms with E-state index in [1.807, 2.05) is 18.3 Å². The molecule has 0 amide bonds. The highest BCUT2D eigenvalue weighted by atomic mass is 19.4. The quantitative estimate of drug-likeness (QED) is 0.561. The van der Waals surface area contributed by atoms with E-state index in [0.29, 0.717) is 12.5 Å². The van der Waals surface area contributed by atoms with E-state index >= 15 is 0 Å². The molecule has 1 aromatic carbocycles. The summed E-state index contributed by atoms with van der Waals surface area (Å²) in [5.41, 5.74) is 3.71. The van der Waals surface area contributed by atoms with Crippen molar-refractivity contribution in [1.82, 2.24) is 14.7 Å². The summed E-state index contributed by atoms with van der Waals surface area (Å²) in [6.07, 6.45) is -8.20. The number of nitrogens with zero attached hydrogens (tertiary/aromatic N) is 3. The molecule has 0 fully saturated rings. The van der Waals surface area contributed by atoms with Gasteiger partial charge in [0.25, 0.3) is 0 Å². The van der Waals surface area contributed by atoms with Crippen LogP contribution in [0.1, 0.15) is 29.7 Å². The number of rotatable bonds is 5. The number of benzene rings is 1. The molecular weight excluding hydrogens is 507 g/mol. The Kier molecular flexibility index (Phi) is 11.3. The number of halogens is 7. The molecule has 0 spiro atoms. The van der Waals surface area contributed by atoms with Gasteiger partial charge >= 0.3 is 24.3 Å². The van der Waals surface area contributed by atoms with Crippen LogP contribution in [0.15, 0.2) is 30.5 Å². The summed E-state index contributed by atoms with van der Waals surface area (Å²) in [6.45, 7) is 6.32. The minimum atomic E-state index is -5.08. The van der Waals surface area contributed by atoms with Crippen LogP contribution in [-0.2, 0) is 34.0 Å². The number of carboxylic acid groups (broad SMARTS) is 2. The van der Waals surface area contributed by atoms with Crippen molar-refractivity contribution in [2.75, 3.05) is 20.3 Å². The highest BCUT2D eigenvalue weighted by Crippen LogP contribution is 2.29. The smallest absolute Gasteiger partial charge is 0.475 e. The molecule has 3 rings (SSSR count). The Hall–Kier alpha value is -3.20. The van der Waals surface area contributed by atoms with Crippen molar-refractivity contribution in [3.63, 3.8) is 0 Å². The Morgan fingerprint density at radius 3 is 1.97 bits per heavy atom. The lowest BCUT2D eigenvalue weighted by Crippen LogP contribution is -2.35. The molecule has 1 aliphatic rings. The van der Waals surface area contributed by atoms with Crippen molar-refractivity contribution >= 4 is 11.9 Å². The lowest BCUT2D eigenvalue weighted by molar-refractivity contribution is -0.193. The van der Waals surface area contributed by atoms with Gasteiger partial charge in [-0.25, -0.2) is 14.0 Å². The molecule has 0 radical (unpaired) electrons. The number of alkyl halides is 6. The maximum Gasteiger partial charge on any atom is 0.490 e. The molecule has 2 N–H and O–H groups in total. The minimum absolute atomic E-state index is 0.189. The summed E-state index contributed by atoms with van der Waals surface area (Å²) in [6, 6.07) is 6.75. The summed E-state index contributed by atoms with van der Waals surface area (Å²) < 4.78 is 84.0. The lowest BCUT2D eigenvalue weighted by Gasteiger charge is -2.33. The average molecular weight is 531 g/mol. The third kappa shape index (κ3) is 9.81. The standard InChI is InChI=1S/C17H22FN3O.2C2HF3O2/c1-3-21-17-14(8-19-21)10-20(11-15(17)12-22-2)9-13-4-6-16(18)7-5-13;2*3-2(4,5)1(6)7/h4-8,15H,3,9-12H2,1-2H3;2*(H,6,7). The molecule has 1 unspecified atom stereocenters. The lowest BCUT2D eigenvalue weighted by atomic mass is 9.96. The van der Waals surface area contributed by atoms with Gasteiger partial charge in [0.2, 0.25) is 0 Å². The minimum Gasteiger partial charge on any atom is -0.475 e. The molecule has 202 valence electrons. The molecule has 2 heterocycles. The van der Waals surface area contributed by atoms with Gasteiger partial charge in [-0.15, -0.1) is 0 Å². The van der Waals surface area contributed by atoms with E-state index in [1.165, 1.54) is 23.4 Å². The number of carbonyl (C=O) groups is 2. The molecule has 1 aliphatic heterocycles. The van der Waals surface area contributed by atoms with Gasteiger partial charge in [0, 0.05) is 50.5 Å². The zero-order chi connectivity index (χ0) is 27.7. The molecule has 15 heteroatoms. The van der Waals surface area contributed by atoms with Crippen molar-refractivity contribution in [1.29, 1.82) is 0 Å². The van der Waals surface area contributed by atoms with Gasteiger partial charge in [-0.3, -0.25) is 9.58 Å². The van der Waals surface area contributed by atoms with Crippen LogP contribution in [0.25, 0.3) is 0 Å². The van der Waals surface area contributed by atoms with Gasteiger partial charge in [-0.1, -0.05) is 12.1 Å². The highest BCUT2D eigenvalue weighted by molar-refractivity contribution is 5.73. The number of fused-ring (bicyclic) bond motifs is 1. The Morgan fingerprint density at radius 1 is 1.06 bits per heavy atom. The van der Waals surface area contributed by atoms with Crippen LogP contribution >= 0.6 is 0 Å². The van der Waals surface area contributed by atoms with Crippen LogP contribution in [0.2, 0.25) is 0 Å². The Balaban J connectivity index is 0.000000383. The van der Waals surface area contributed by atoms with Crippen LogP contribution < -0.4 is 0 Å². The topological polar surface area (TPSA) is 105 Å². The number of hydrogen-bond donors (Lipinski definition) is 2.